The van der Waals surface area contributed by atoms with Crippen LogP contribution in [0.3, 0.4) is 0 Å². The molecule has 0 unspecified atom stereocenters. The summed E-state index contributed by atoms with van der Waals surface area (Å²) >= 11 is 0. The zero-order chi connectivity index (χ0) is 19.2. The highest BCUT2D eigenvalue weighted by molar-refractivity contribution is 7.92. The van der Waals surface area contributed by atoms with Gasteiger partial charge in [-0.25, -0.2) is 8.42 Å². The summed E-state index contributed by atoms with van der Waals surface area (Å²) in [7, 11) is -3.48. The van der Waals surface area contributed by atoms with Gasteiger partial charge in [0.1, 0.15) is 6.10 Å². The second-order valence-electron chi connectivity index (χ2n) is 7.93. The molecule has 1 aromatic heterocycles. The van der Waals surface area contributed by atoms with E-state index in [4.69, 9.17) is 9.47 Å². The third-order valence-corrected chi connectivity index (χ3v) is 8.24. The minimum Gasteiger partial charge on any atom is -0.377 e. The quantitative estimate of drug-likeness (QED) is 0.802. The monoisotopic (exact) mass is 390 g/mol. The van der Waals surface area contributed by atoms with Gasteiger partial charge in [-0.3, -0.25) is 4.68 Å². The number of hydrogen-bond donors (Lipinski definition) is 0. The van der Waals surface area contributed by atoms with Crippen molar-refractivity contribution in [2.24, 2.45) is 0 Å². The average molecular weight is 391 g/mol. The Morgan fingerprint density at radius 2 is 2.00 bits per heavy atom. The van der Waals surface area contributed by atoms with Gasteiger partial charge in [-0.05, 0) is 57.4 Å². The number of aryl methyl sites for hydroxylation is 2. The van der Waals surface area contributed by atoms with Crippen molar-refractivity contribution in [3.8, 4) is 0 Å². The lowest BCUT2D eigenvalue weighted by molar-refractivity contribution is -0.0423. The van der Waals surface area contributed by atoms with E-state index in [2.05, 4.69) is 5.10 Å². The van der Waals surface area contributed by atoms with Crippen LogP contribution < -0.4 is 0 Å². The minimum atomic E-state index is -3.48. The van der Waals surface area contributed by atoms with E-state index in [9.17, 15) is 8.42 Å². The summed E-state index contributed by atoms with van der Waals surface area (Å²) < 4.78 is 39.3. The topological polar surface area (TPSA) is 70.4 Å². The lowest BCUT2D eigenvalue weighted by atomic mass is 9.94. The molecule has 0 aliphatic carbocycles. The molecular weight excluding hydrogens is 364 g/mol. The van der Waals surface area contributed by atoms with E-state index in [1.54, 1.807) is 18.2 Å². The summed E-state index contributed by atoms with van der Waals surface area (Å²) in [6.07, 6.45) is 0.617. The Balaban J connectivity index is 1.66. The van der Waals surface area contributed by atoms with Crippen molar-refractivity contribution in [2.75, 3.05) is 19.8 Å². The normalized spacial score (nSPS) is 26.7. The van der Waals surface area contributed by atoms with Gasteiger partial charge in [0.25, 0.3) is 0 Å². The van der Waals surface area contributed by atoms with Crippen LogP contribution >= 0.6 is 0 Å². The number of sulfone groups is 1. The molecule has 2 aliphatic rings. The Morgan fingerprint density at radius 3 is 2.67 bits per heavy atom. The molecule has 7 heteroatoms. The molecule has 0 saturated carbocycles. The molecule has 0 amide bonds. The van der Waals surface area contributed by atoms with Crippen LogP contribution in [0.15, 0.2) is 35.2 Å². The minimum absolute atomic E-state index is 0.207. The largest absolute Gasteiger partial charge is 0.377 e. The maximum absolute atomic E-state index is 13.4. The third kappa shape index (κ3) is 3.22. The number of aromatic nitrogens is 2. The Morgan fingerprint density at radius 1 is 1.22 bits per heavy atom. The van der Waals surface area contributed by atoms with E-state index in [1.807, 2.05) is 37.6 Å². The second kappa shape index (κ2) is 6.72. The van der Waals surface area contributed by atoms with Crippen LogP contribution in [0.25, 0.3) is 0 Å². The SMILES string of the molecule is Cc1cccc(S(=O)(=O)[C@]2(C)CCO[C@H](c3cc(C)nn3C3COC3)C2)c1. The molecule has 2 aliphatic heterocycles. The predicted molar refractivity (Wildman–Crippen MR) is 102 cm³/mol. The van der Waals surface area contributed by atoms with Crippen LogP contribution in [-0.2, 0) is 19.3 Å². The molecule has 1 aromatic carbocycles. The van der Waals surface area contributed by atoms with E-state index in [1.165, 1.54) is 0 Å². The Kier molecular flexibility index (Phi) is 4.64. The standard InChI is InChI=1S/C20H26N2O4S/c1-14-5-4-6-17(9-14)27(23,24)20(3)7-8-26-19(11-20)18-10-15(2)21-22(18)16-12-25-13-16/h4-6,9-10,16,19H,7-8,11-13H2,1-3H3/t19-,20+/m0/s1. The molecule has 0 N–H and O–H groups in total. The molecule has 2 atom stereocenters. The first-order valence-electron chi connectivity index (χ1n) is 9.37. The number of benzene rings is 1. The van der Waals surface area contributed by atoms with Gasteiger partial charge >= 0.3 is 0 Å². The molecular formula is C20H26N2O4S. The molecule has 146 valence electrons. The number of rotatable bonds is 4. The van der Waals surface area contributed by atoms with Crippen LogP contribution in [0, 0.1) is 13.8 Å². The summed E-state index contributed by atoms with van der Waals surface area (Å²) in [5, 5.41) is 4.59. The molecule has 4 rings (SSSR count). The number of hydrogen-bond acceptors (Lipinski definition) is 5. The van der Waals surface area contributed by atoms with Gasteiger partial charge in [0.2, 0.25) is 0 Å². The first-order chi connectivity index (χ1) is 12.8. The zero-order valence-electron chi connectivity index (χ0n) is 16.0. The maximum atomic E-state index is 13.4. The van der Waals surface area contributed by atoms with E-state index in [0.29, 0.717) is 37.6 Å². The molecule has 27 heavy (non-hydrogen) atoms. The number of ether oxygens (including phenoxy) is 2. The molecule has 0 spiro atoms. The fraction of sp³-hybridized carbons (Fsp3) is 0.550. The first-order valence-corrected chi connectivity index (χ1v) is 10.9. The van der Waals surface area contributed by atoms with E-state index in [-0.39, 0.29) is 12.1 Å². The van der Waals surface area contributed by atoms with Crippen molar-refractivity contribution < 1.29 is 17.9 Å². The van der Waals surface area contributed by atoms with Crippen LogP contribution in [0.2, 0.25) is 0 Å². The van der Waals surface area contributed by atoms with Crippen molar-refractivity contribution in [2.45, 2.75) is 55.4 Å². The molecule has 3 heterocycles. The zero-order valence-corrected chi connectivity index (χ0v) is 16.8. The Labute approximate surface area is 160 Å². The fourth-order valence-corrected chi connectivity index (χ4v) is 5.80. The average Bonchev–Trinajstić information content (AvgIpc) is 2.94. The second-order valence-corrected chi connectivity index (χ2v) is 10.4. The molecule has 2 aromatic rings. The summed E-state index contributed by atoms with van der Waals surface area (Å²) in [5.74, 6) is 0. The van der Waals surface area contributed by atoms with Crippen LogP contribution in [0.5, 0.6) is 0 Å². The van der Waals surface area contributed by atoms with Crippen LogP contribution in [-0.4, -0.2) is 42.8 Å². The van der Waals surface area contributed by atoms with Crippen LogP contribution in [0.4, 0.5) is 0 Å². The lowest BCUT2D eigenvalue weighted by Gasteiger charge is -2.38. The van der Waals surface area contributed by atoms with Crippen molar-refractivity contribution in [3.05, 3.63) is 47.3 Å². The maximum Gasteiger partial charge on any atom is 0.184 e. The van der Waals surface area contributed by atoms with Crippen molar-refractivity contribution in [3.63, 3.8) is 0 Å². The van der Waals surface area contributed by atoms with E-state index in [0.717, 1.165) is 17.0 Å². The summed E-state index contributed by atoms with van der Waals surface area (Å²) in [5.41, 5.74) is 2.81. The smallest absolute Gasteiger partial charge is 0.184 e. The molecule has 0 bridgehead atoms. The van der Waals surface area contributed by atoms with Crippen molar-refractivity contribution in [1.29, 1.82) is 0 Å². The van der Waals surface area contributed by atoms with E-state index < -0.39 is 14.6 Å². The van der Waals surface area contributed by atoms with Gasteiger partial charge in [0.15, 0.2) is 9.84 Å². The third-order valence-electron chi connectivity index (χ3n) is 5.70. The number of nitrogens with zero attached hydrogens (tertiary/aromatic N) is 2. The highest BCUT2D eigenvalue weighted by Gasteiger charge is 2.46. The van der Waals surface area contributed by atoms with Gasteiger partial charge in [-0.2, -0.15) is 5.10 Å². The van der Waals surface area contributed by atoms with Crippen LogP contribution in [0.1, 0.15) is 48.9 Å². The molecule has 6 nitrogen and oxygen atoms in total. The van der Waals surface area contributed by atoms with Crippen molar-refractivity contribution >= 4 is 9.84 Å². The first kappa shape index (κ1) is 18.7. The molecule has 2 saturated heterocycles. The van der Waals surface area contributed by atoms with E-state index >= 15 is 0 Å². The summed E-state index contributed by atoms with van der Waals surface area (Å²) in [6, 6.07) is 9.38. The fourth-order valence-electron chi connectivity index (χ4n) is 3.91. The summed E-state index contributed by atoms with van der Waals surface area (Å²) in [6.45, 7) is 7.40. The predicted octanol–water partition coefficient (Wildman–Crippen LogP) is 3.16. The highest BCUT2D eigenvalue weighted by atomic mass is 32.2. The van der Waals surface area contributed by atoms with Gasteiger partial charge in [-0.1, -0.05) is 12.1 Å². The lowest BCUT2D eigenvalue weighted by Crippen LogP contribution is -2.43. The van der Waals surface area contributed by atoms with Gasteiger partial charge in [-0.15, -0.1) is 0 Å². The molecule has 2 fully saturated rings. The van der Waals surface area contributed by atoms with Crippen molar-refractivity contribution in [1.82, 2.24) is 9.78 Å². The van der Waals surface area contributed by atoms with Gasteiger partial charge in [0, 0.05) is 6.61 Å². The highest BCUT2D eigenvalue weighted by Crippen LogP contribution is 2.42. The Hall–Kier alpha value is -1.70. The van der Waals surface area contributed by atoms with Gasteiger partial charge in [0.05, 0.1) is 40.3 Å². The Bertz CT molecular complexity index is 949. The van der Waals surface area contributed by atoms with Gasteiger partial charge < -0.3 is 9.47 Å². The summed E-state index contributed by atoms with van der Waals surface area (Å²) in [4.78, 5) is 0.391. The molecule has 0 radical (unpaired) electrons.